The van der Waals surface area contributed by atoms with Crippen molar-refractivity contribution in [3.8, 4) is 0 Å². The normalized spacial score (nSPS) is 15.7. The molecule has 0 spiro atoms. The molecule has 0 amide bonds. The van der Waals surface area contributed by atoms with E-state index in [9.17, 15) is 0 Å². The predicted molar refractivity (Wildman–Crippen MR) is 130 cm³/mol. The molecule has 3 heteroatoms. The molecule has 3 aromatic carbocycles. The Morgan fingerprint density at radius 1 is 0.900 bits per heavy atom. The lowest BCUT2D eigenvalue weighted by Crippen LogP contribution is -2.14. The van der Waals surface area contributed by atoms with Crippen LogP contribution >= 0.6 is 0 Å². The number of anilines is 2. The first kappa shape index (κ1) is 18.3. The molecule has 0 radical (unpaired) electrons. The number of nitrogens with zero attached hydrogens (tertiary/aromatic N) is 2. The van der Waals surface area contributed by atoms with Crippen molar-refractivity contribution in [2.45, 2.75) is 6.42 Å². The molecule has 148 valence electrons. The van der Waals surface area contributed by atoms with Crippen LogP contribution < -0.4 is 9.80 Å². The van der Waals surface area contributed by atoms with Crippen molar-refractivity contribution in [2.24, 2.45) is 0 Å². The van der Waals surface area contributed by atoms with Crippen LogP contribution in [0, 0.1) is 0 Å². The molecule has 2 heterocycles. The van der Waals surface area contributed by atoms with Gasteiger partial charge in [0.2, 0.25) is 0 Å². The van der Waals surface area contributed by atoms with Crippen molar-refractivity contribution in [1.82, 2.24) is 4.98 Å². The highest BCUT2D eigenvalue weighted by molar-refractivity contribution is 6.07. The number of allylic oxidation sites excluding steroid dienone is 2. The summed E-state index contributed by atoms with van der Waals surface area (Å²) < 4.78 is 0. The van der Waals surface area contributed by atoms with Crippen LogP contribution in [-0.2, 0) is 0 Å². The number of hydrogen-bond donors (Lipinski definition) is 1. The van der Waals surface area contributed by atoms with Crippen LogP contribution in [0.5, 0.6) is 0 Å². The van der Waals surface area contributed by atoms with Gasteiger partial charge in [-0.1, -0.05) is 37.4 Å². The minimum absolute atomic E-state index is 0.806. The molecule has 1 aromatic heterocycles. The van der Waals surface area contributed by atoms with Crippen LogP contribution in [0.15, 0.2) is 96.9 Å². The number of H-pyrrole nitrogens is 1. The van der Waals surface area contributed by atoms with E-state index in [4.69, 9.17) is 0 Å². The molecule has 30 heavy (non-hydrogen) atoms. The van der Waals surface area contributed by atoms with Gasteiger partial charge in [-0.15, -0.1) is 0 Å². The van der Waals surface area contributed by atoms with Gasteiger partial charge in [-0.2, -0.15) is 0 Å². The Morgan fingerprint density at radius 2 is 1.63 bits per heavy atom. The van der Waals surface area contributed by atoms with E-state index in [1.54, 1.807) is 0 Å². The van der Waals surface area contributed by atoms with Gasteiger partial charge in [0.05, 0.1) is 0 Å². The van der Waals surface area contributed by atoms with Gasteiger partial charge in [0.1, 0.15) is 0 Å². The van der Waals surface area contributed by atoms with Crippen LogP contribution in [-0.4, -0.2) is 19.1 Å². The molecule has 5 rings (SSSR count). The third-order valence-electron chi connectivity index (χ3n) is 5.85. The lowest BCUT2D eigenvalue weighted by atomic mass is 10.0. The van der Waals surface area contributed by atoms with Crippen LogP contribution in [0.25, 0.3) is 27.9 Å². The maximum absolute atomic E-state index is 4.38. The first-order chi connectivity index (χ1) is 14.5. The van der Waals surface area contributed by atoms with Crippen molar-refractivity contribution in [2.75, 3.05) is 23.9 Å². The number of benzene rings is 3. The fraction of sp³-hybridized carbons (Fsp3) is 0.111. The van der Waals surface area contributed by atoms with Crippen molar-refractivity contribution in [3.63, 3.8) is 0 Å². The number of hydrogen-bond acceptors (Lipinski definition) is 2. The quantitative estimate of drug-likeness (QED) is 0.419. The summed E-state index contributed by atoms with van der Waals surface area (Å²) in [5.74, 6) is 0. The van der Waals surface area contributed by atoms with Crippen LogP contribution in [0.2, 0.25) is 0 Å². The van der Waals surface area contributed by atoms with Gasteiger partial charge in [-0.25, -0.2) is 0 Å². The summed E-state index contributed by atoms with van der Waals surface area (Å²) in [6, 6.07) is 23.5. The highest BCUT2D eigenvalue weighted by Crippen LogP contribution is 2.39. The molecule has 1 aliphatic heterocycles. The smallest absolute Gasteiger partial charge is 0.0465 e. The zero-order valence-corrected chi connectivity index (χ0v) is 17.4. The summed E-state index contributed by atoms with van der Waals surface area (Å²) in [5, 5.41) is 2.50. The summed E-state index contributed by atoms with van der Waals surface area (Å²) in [4.78, 5) is 7.75. The highest BCUT2D eigenvalue weighted by atomic mass is 15.2. The van der Waals surface area contributed by atoms with Crippen LogP contribution in [0.4, 0.5) is 11.4 Å². The molecule has 1 aliphatic rings. The van der Waals surface area contributed by atoms with Gasteiger partial charge in [-0.05, 0) is 59.7 Å². The molecule has 1 fully saturated rings. The topological polar surface area (TPSA) is 22.3 Å². The zero-order valence-electron chi connectivity index (χ0n) is 17.4. The number of para-hydroxylation sites is 1. The van der Waals surface area contributed by atoms with Gasteiger partial charge < -0.3 is 14.8 Å². The number of nitrogens with one attached hydrogen (secondary N) is 1. The molecule has 0 aliphatic carbocycles. The monoisotopic (exact) mass is 391 g/mol. The van der Waals surface area contributed by atoms with Gasteiger partial charge in [0, 0.05) is 65.1 Å². The summed E-state index contributed by atoms with van der Waals surface area (Å²) in [6.07, 6.45) is 3.04. The minimum Gasteiger partial charge on any atom is -0.378 e. The summed E-state index contributed by atoms with van der Waals surface area (Å²) in [6.45, 7) is 8.68. The maximum Gasteiger partial charge on any atom is 0.0465 e. The summed E-state index contributed by atoms with van der Waals surface area (Å²) in [7, 11) is 4.10. The van der Waals surface area contributed by atoms with Crippen molar-refractivity contribution in [3.05, 3.63) is 102 Å². The largest absolute Gasteiger partial charge is 0.378 e. The Hall–Kier alpha value is -3.72. The molecule has 0 bridgehead atoms. The molecule has 3 nitrogen and oxygen atoms in total. The molecule has 0 atom stereocenters. The first-order valence-corrected chi connectivity index (χ1v) is 10.2. The van der Waals surface area contributed by atoms with Crippen molar-refractivity contribution >= 4 is 39.3 Å². The average Bonchev–Trinajstić information content (AvgIpc) is 3.24. The second-order valence-corrected chi connectivity index (χ2v) is 8.08. The number of fused-ring (bicyclic) bond motifs is 3. The molecule has 1 N–H and O–H groups in total. The van der Waals surface area contributed by atoms with Gasteiger partial charge >= 0.3 is 0 Å². The predicted octanol–water partition coefficient (Wildman–Crippen LogP) is 6.71. The Bertz CT molecular complexity index is 1320. The van der Waals surface area contributed by atoms with E-state index >= 15 is 0 Å². The van der Waals surface area contributed by atoms with Crippen LogP contribution in [0.1, 0.15) is 12.0 Å². The van der Waals surface area contributed by atoms with E-state index < -0.39 is 0 Å². The number of aromatic amines is 1. The first-order valence-electron chi connectivity index (χ1n) is 10.2. The van der Waals surface area contributed by atoms with Gasteiger partial charge in [-0.3, -0.25) is 0 Å². The summed E-state index contributed by atoms with van der Waals surface area (Å²) >= 11 is 0. The van der Waals surface area contributed by atoms with E-state index in [-0.39, 0.29) is 0 Å². The van der Waals surface area contributed by atoms with Gasteiger partial charge in [0.15, 0.2) is 0 Å². The SMILES string of the molecule is C=C1CC(=Cc2ccc3[nH]c4ccccc4c3c2)C(=C)N1c1ccc(N(C)C)cc1. The second kappa shape index (κ2) is 6.96. The Balaban J connectivity index is 1.49. The second-order valence-electron chi connectivity index (χ2n) is 8.08. The molecule has 0 unspecified atom stereocenters. The highest BCUT2D eigenvalue weighted by Gasteiger charge is 2.25. The standard InChI is InChI=1S/C27H25N3/c1-18-15-21(19(2)30(18)23-12-10-22(11-13-23)29(3)4)16-20-9-14-27-25(17-20)24-7-5-6-8-26(24)28-27/h5-14,16-17,28H,1-2,15H2,3-4H3. The van der Waals surface area contributed by atoms with E-state index in [0.29, 0.717) is 0 Å². The maximum atomic E-state index is 4.38. The van der Waals surface area contributed by atoms with Crippen molar-refractivity contribution in [1.29, 1.82) is 0 Å². The zero-order chi connectivity index (χ0) is 20.8. The van der Waals surface area contributed by atoms with E-state index in [1.807, 2.05) is 14.1 Å². The molecule has 4 aromatic rings. The third-order valence-corrected chi connectivity index (χ3v) is 5.85. The van der Waals surface area contributed by atoms with Gasteiger partial charge in [0.25, 0.3) is 0 Å². The Labute approximate surface area is 177 Å². The van der Waals surface area contributed by atoms with E-state index in [1.165, 1.54) is 33.1 Å². The molecular formula is C27H25N3. The van der Waals surface area contributed by atoms with E-state index in [0.717, 1.165) is 29.0 Å². The third kappa shape index (κ3) is 3.00. The minimum atomic E-state index is 0.806. The Morgan fingerprint density at radius 3 is 2.40 bits per heavy atom. The molecule has 1 saturated heterocycles. The lowest BCUT2D eigenvalue weighted by Gasteiger charge is -2.22. The summed E-state index contributed by atoms with van der Waals surface area (Å²) in [5.41, 5.74) is 9.05. The number of rotatable bonds is 3. The molecular weight excluding hydrogens is 366 g/mol. The fourth-order valence-electron chi connectivity index (χ4n) is 4.26. The van der Waals surface area contributed by atoms with Crippen LogP contribution in [0.3, 0.4) is 0 Å². The van der Waals surface area contributed by atoms with E-state index in [2.05, 4.69) is 101 Å². The Kier molecular flexibility index (Phi) is 4.25. The number of aromatic nitrogens is 1. The molecule has 0 saturated carbocycles. The lowest BCUT2D eigenvalue weighted by molar-refractivity contribution is 1.12. The fourth-order valence-corrected chi connectivity index (χ4v) is 4.26. The average molecular weight is 392 g/mol. The van der Waals surface area contributed by atoms with Crippen molar-refractivity contribution < 1.29 is 0 Å².